The van der Waals surface area contributed by atoms with Crippen LogP contribution in [0, 0.1) is 0 Å². The lowest BCUT2D eigenvalue weighted by Crippen LogP contribution is -2.42. The van der Waals surface area contributed by atoms with E-state index in [0.29, 0.717) is 36.6 Å². The Morgan fingerprint density at radius 2 is 1.92 bits per heavy atom. The van der Waals surface area contributed by atoms with Crippen LogP contribution in [0.2, 0.25) is 0 Å². The molecule has 0 fully saturated rings. The second-order valence-corrected chi connectivity index (χ2v) is 8.08. The monoisotopic (exact) mass is 355 g/mol. The Hall–Kier alpha value is -1.64. The lowest BCUT2D eigenvalue weighted by Gasteiger charge is -2.30. The van der Waals surface area contributed by atoms with Gasteiger partial charge in [-0.1, -0.05) is 0 Å². The van der Waals surface area contributed by atoms with Gasteiger partial charge in [-0.25, -0.2) is 13.1 Å². The van der Waals surface area contributed by atoms with Gasteiger partial charge in [0, 0.05) is 25.2 Å². The number of fused-ring (bicyclic) bond motifs is 1. The number of hydrogen-bond donors (Lipinski definition) is 2. The maximum Gasteiger partial charge on any atom is 0.262 e. The van der Waals surface area contributed by atoms with E-state index >= 15 is 0 Å². The fraction of sp³-hybridized carbons (Fsp3) is 0.562. The van der Waals surface area contributed by atoms with Crippen molar-refractivity contribution >= 4 is 21.6 Å². The summed E-state index contributed by atoms with van der Waals surface area (Å²) in [7, 11) is -3.64. The largest absolute Gasteiger partial charge is 0.482 e. The number of hydrogen-bond acceptors (Lipinski definition) is 5. The van der Waals surface area contributed by atoms with Crippen LogP contribution < -0.4 is 14.8 Å². The van der Waals surface area contributed by atoms with Crippen molar-refractivity contribution in [2.45, 2.75) is 44.7 Å². The predicted octanol–water partition coefficient (Wildman–Crippen LogP) is 1.41. The van der Waals surface area contributed by atoms with Gasteiger partial charge in [-0.3, -0.25) is 9.69 Å². The Morgan fingerprint density at radius 3 is 2.54 bits per heavy atom. The molecule has 0 saturated carbocycles. The summed E-state index contributed by atoms with van der Waals surface area (Å²) in [5.74, 6) is 0.175. The van der Waals surface area contributed by atoms with E-state index in [2.05, 4.69) is 42.6 Å². The molecule has 0 spiro atoms. The van der Waals surface area contributed by atoms with E-state index in [0.717, 1.165) is 0 Å². The maximum absolute atomic E-state index is 12.4. The number of benzene rings is 1. The molecule has 1 aliphatic rings. The molecule has 2 rings (SSSR count). The summed E-state index contributed by atoms with van der Waals surface area (Å²) >= 11 is 0. The van der Waals surface area contributed by atoms with Crippen LogP contribution in [0.3, 0.4) is 0 Å². The van der Waals surface area contributed by atoms with Gasteiger partial charge in [-0.15, -0.1) is 0 Å². The van der Waals surface area contributed by atoms with Gasteiger partial charge < -0.3 is 10.1 Å². The van der Waals surface area contributed by atoms with E-state index in [1.165, 1.54) is 12.1 Å². The molecular weight excluding hydrogens is 330 g/mol. The molecule has 2 N–H and O–H groups in total. The number of nitrogens with one attached hydrogen (secondary N) is 2. The Bertz CT molecular complexity index is 693. The molecule has 0 aromatic heterocycles. The highest BCUT2D eigenvalue weighted by Gasteiger charge is 2.21. The van der Waals surface area contributed by atoms with Crippen molar-refractivity contribution in [3.63, 3.8) is 0 Å². The summed E-state index contributed by atoms with van der Waals surface area (Å²) < 4.78 is 32.7. The topological polar surface area (TPSA) is 87.7 Å². The molecule has 0 bridgehead atoms. The zero-order chi connectivity index (χ0) is 17.9. The summed E-state index contributed by atoms with van der Waals surface area (Å²) in [6.07, 6.45) is 0. The summed E-state index contributed by atoms with van der Waals surface area (Å²) in [6.45, 7) is 9.22. The van der Waals surface area contributed by atoms with Gasteiger partial charge in [0.1, 0.15) is 5.75 Å². The number of carbonyl (C=O) groups is 1. The third-order valence-electron chi connectivity index (χ3n) is 3.88. The summed E-state index contributed by atoms with van der Waals surface area (Å²) in [5, 5.41) is 2.61. The smallest absolute Gasteiger partial charge is 0.262 e. The third kappa shape index (κ3) is 4.46. The van der Waals surface area contributed by atoms with Crippen LogP contribution in [0.15, 0.2) is 23.1 Å². The fourth-order valence-electron chi connectivity index (χ4n) is 2.73. The molecule has 1 amide bonds. The van der Waals surface area contributed by atoms with Crippen LogP contribution >= 0.6 is 0 Å². The molecule has 0 aliphatic carbocycles. The average molecular weight is 355 g/mol. The Kier molecular flexibility index (Phi) is 5.84. The van der Waals surface area contributed by atoms with Gasteiger partial charge in [0.2, 0.25) is 10.0 Å². The van der Waals surface area contributed by atoms with E-state index in [1.807, 2.05) is 0 Å². The van der Waals surface area contributed by atoms with Crippen LogP contribution in [-0.4, -0.2) is 51.0 Å². The molecule has 24 heavy (non-hydrogen) atoms. The van der Waals surface area contributed by atoms with E-state index in [-0.39, 0.29) is 17.4 Å². The van der Waals surface area contributed by atoms with Gasteiger partial charge in [0.05, 0.1) is 10.6 Å². The van der Waals surface area contributed by atoms with Gasteiger partial charge in [0.15, 0.2) is 6.61 Å². The highest BCUT2D eigenvalue weighted by atomic mass is 32.2. The van der Waals surface area contributed by atoms with Crippen molar-refractivity contribution in [2.75, 3.05) is 25.0 Å². The minimum Gasteiger partial charge on any atom is -0.482 e. The van der Waals surface area contributed by atoms with Crippen molar-refractivity contribution < 1.29 is 17.9 Å². The molecule has 1 heterocycles. The van der Waals surface area contributed by atoms with Gasteiger partial charge in [-0.05, 0) is 45.9 Å². The molecule has 0 unspecified atom stereocenters. The SMILES string of the molecule is CC(C)N(CCNS(=O)(=O)c1ccc2c(c1)NC(=O)CO2)C(C)C. The minimum absolute atomic E-state index is 0.0580. The van der Waals surface area contributed by atoms with Crippen LogP contribution in [0.4, 0.5) is 5.69 Å². The molecule has 1 aliphatic heterocycles. The van der Waals surface area contributed by atoms with Crippen LogP contribution in [-0.2, 0) is 14.8 Å². The molecule has 0 saturated heterocycles. The van der Waals surface area contributed by atoms with Crippen molar-refractivity contribution in [1.29, 1.82) is 0 Å². The summed E-state index contributed by atoms with van der Waals surface area (Å²) in [4.78, 5) is 13.7. The second-order valence-electron chi connectivity index (χ2n) is 6.32. The average Bonchev–Trinajstić information content (AvgIpc) is 2.50. The molecule has 1 aromatic carbocycles. The normalized spacial score (nSPS) is 14.7. The quantitative estimate of drug-likeness (QED) is 0.772. The number of amides is 1. The van der Waals surface area contributed by atoms with Gasteiger partial charge in [0.25, 0.3) is 5.91 Å². The molecule has 1 aromatic rings. The Labute approximate surface area is 143 Å². The molecule has 7 nitrogen and oxygen atoms in total. The predicted molar refractivity (Wildman–Crippen MR) is 92.7 cm³/mol. The van der Waals surface area contributed by atoms with Crippen LogP contribution in [0.1, 0.15) is 27.7 Å². The number of rotatable bonds is 7. The standard InChI is InChI=1S/C16H25N3O4S/c1-11(2)19(12(3)4)8-7-17-24(21,22)13-5-6-15-14(9-13)18-16(20)10-23-15/h5-6,9,11-12,17H,7-8,10H2,1-4H3,(H,18,20). The lowest BCUT2D eigenvalue weighted by molar-refractivity contribution is -0.118. The van der Waals surface area contributed by atoms with Crippen LogP contribution in [0.25, 0.3) is 0 Å². The molecular formula is C16H25N3O4S. The van der Waals surface area contributed by atoms with E-state index < -0.39 is 10.0 Å². The first-order chi connectivity index (χ1) is 11.2. The highest BCUT2D eigenvalue weighted by Crippen LogP contribution is 2.29. The number of anilines is 1. The molecule has 0 atom stereocenters. The Morgan fingerprint density at radius 1 is 1.25 bits per heavy atom. The fourth-order valence-corrected chi connectivity index (χ4v) is 3.78. The third-order valence-corrected chi connectivity index (χ3v) is 5.34. The first-order valence-corrected chi connectivity index (χ1v) is 9.51. The van der Waals surface area contributed by atoms with Crippen LogP contribution in [0.5, 0.6) is 5.75 Å². The highest BCUT2D eigenvalue weighted by molar-refractivity contribution is 7.89. The lowest BCUT2D eigenvalue weighted by atomic mass is 10.2. The van der Waals surface area contributed by atoms with Gasteiger partial charge in [-0.2, -0.15) is 0 Å². The maximum atomic E-state index is 12.4. The first kappa shape index (κ1) is 18.7. The molecule has 134 valence electrons. The van der Waals surface area contributed by atoms with Crippen molar-refractivity contribution in [3.05, 3.63) is 18.2 Å². The van der Waals surface area contributed by atoms with E-state index in [1.54, 1.807) is 6.07 Å². The second kappa shape index (κ2) is 7.50. The molecule has 8 heteroatoms. The number of sulfonamides is 1. The van der Waals surface area contributed by atoms with Gasteiger partial charge >= 0.3 is 0 Å². The minimum atomic E-state index is -3.64. The van der Waals surface area contributed by atoms with Crippen molar-refractivity contribution in [3.8, 4) is 5.75 Å². The van der Waals surface area contributed by atoms with E-state index in [4.69, 9.17) is 4.74 Å². The zero-order valence-corrected chi connectivity index (χ0v) is 15.3. The number of nitrogens with zero attached hydrogens (tertiary/aromatic N) is 1. The Balaban J connectivity index is 2.05. The van der Waals surface area contributed by atoms with Crippen molar-refractivity contribution in [1.82, 2.24) is 9.62 Å². The molecule has 0 radical (unpaired) electrons. The first-order valence-electron chi connectivity index (χ1n) is 8.03. The number of ether oxygens (including phenoxy) is 1. The van der Waals surface area contributed by atoms with E-state index in [9.17, 15) is 13.2 Å². The summed E-state index contributed by atoms with van der Waals surface area (Å²) in [6, 6.07) is 5.12. The van der Waals surface area contributed by atoms with Crippen molar-refractivity contribution in [2.24, 2.45) is 0 Å². The zero-order valence-electron chi connectivity index (χ0n) is 14.5. The number of carbonyl (C=O) groups excluding carboxylic acids is 1. The summed E-state index contributed by atoms with van der Waals surface area (Å²) in [5.41, 5.74) is 0.375.